The molecule has 3 heteroatoms. The van der Waals surface area contributed by atoms with Gasteiger partial charge in [-0.15, -0.1) is 0 Å². The van der Waals surface area contributed by atoms with Crippen LogP contribution in [0, 0.1) is 11.3 Å². The molecule has 2 heterocycles. The minimum Gasteiger partial charge on any atom is -0.310 e. The van der Waals surface area contributed by atoms with Crippen molar-refractivity contribution in [3.63, 3.8) is 0 Å². The second kappa shape index (κ2) is 10.6. The number of fused-ring (bicyclic) bond motifs is 5. The second-order valence-corrected chi connectivity index (χ2v) is 12.1. The van der Waals surface area contributed by atoms with E-state index in [1.165, 1.54) is 38.5 Å². The molecule has 0 aliphatic carbocycles. The van der Waals surface area contributed by atoms with Gasteiger partial charge in [0.2, 0.25) is 0 Å². The second-order valence-electron chi connectivity index (χ2n) is 12.1. The van der Waals surface area contributed by atoms with Crippen molar-refractivity contribution >= 4 is 38.9 Å². The lowest BCUT2D eigenvalue weighted by molar-refractivity contribution is 0.731. The molecule has 1 aliphatic heterocycles. The highest BCUT2D eigenvalue weighted by atomic mass is 15.2. The molecule has 0 spiro atoms. The minimum absolute atomic E-state index is 0.594. The summed E-state index contributed by atoms with van der Waals surface area (Å²) in [7, 11) is 0. The zero-order valence-corrected chi connectivity index (χ0v) is 25.6. The fourth-order valence-corrected chi connectivity index (χ4v) is 7.77. The number of benzene rings is 7. The van der Waals surface area contributed by atoms with Crippen molar-refractivity contribution in [2.24, 2.45) is 0 Å². The van der Waals surface area contributed by atoms with Gasteiger partial charge < -0.3 is 9.47 Å². The van der Waals surface area contributed by atoms with Crippen LogP contribution in [0.3, 0.4) is 0 Å². The van der Waals surface area contributed by atoms with Crippen molar-refractivity contribution in [3.05, 3.63) is 204 Å². The standard InChI is InChI=1S/C44H29N3/c45-30-31-25-27-33(28-26-31)44(32-13-2-1-3-14-32)38-19-6-10-23-42(38)47(43-24-11-7-20-39(43)44)35-16-12-15-34(29-35)46-40-21-8-4-17-36(40)37-18-5-9-22-41(37)46/h1-29H. The molecule has 47 heavy (non-hydrogen) atoms. The van der Waals surface area contributed by atoms with Crippen LogP contribution in [0.2, 0.25) is 0 Å². The number of rotatable bonds is 4. The minimum atomic E-state index is -0.594. The molecule has 9 rings (SSSR count). The zero-order chi connectivity index (χ0) is 31.4. The lowest BCUT2D eigenvalue weighted by atomic mass is 9.62. The predicted octanol–water partition coefficient (Wildman–Crippen LogP) is 10.8. The molecule has 0 atom stereocenters. The first-order valence-electron chi connectivity index (χ1n) is 15.9. The fraction of sp³-hybridized carbons (Fsp3) is 0.0227. The number of anilines is 3. The molecule has 7 aromatic carbocycles. The molecule has 0 fully saturated rings. The zero-order valence-electron chi connectivity index (χ0n) is 25.6. The fourth-order valence-electron chi connectivity index (χ4n) is 7.77. The van der Waals surface area contributed by atoms with Crippen LogP contribution in [0.5, 0.6) is 0 Å². The van der Waals surface area contributed by atoms with E-state index >= 15 is 0 Å². The summed E-state index contributed by atoms with van der Waals surface area (Å²) in [6.45, 7) is 0. The Morgan fingerprint density at radius 2 is 0.957 bits per heavy atom. The average Bonchev–Trinajstić information content (AvgIpc) is 3.49. The van der Waals surface area contributed by atoms with Gasteiger partial charge in [-0.2, -0.15) is 5.26 Å². The average molecular weight is 600 g/mol. The van der Waals surface area contributed by atoms with E-state index in [9.17, 15) is 5.26 Å². The first-order chi connectivity index (χ1) is 23.3. The van der Waals surface area contributed by atoms with Gasteiger partial charge in [-0.1, -0.05) is 121 Å². The van der Waals surface area contributed by atoms with Crippen molar-refractivity contribution in [1.29, 1.82) is 5.26 Å². The Hall–Kier alpha value is -6.37. The van der Waals surface area contributed by atoms with Crippen molar-refractivity contribution in [2.75, 3.05) is 4.90 Å². The van der Waals surface area contributed by atoms with Crippen LogP contribution in [0.25, 0.3) is 27.5 Å². The molecular formula is C44H29N3. The van der Waals surface area contributed by atoms with Crippen LogP contribution in [0.15, 0.2) is 176 Å². The van der Waals surface area contributed by atoms with Gasteiger partial charge in [0.05, 0.1) is 39.5 Å². The lowest BCUT2D eigenvalue weighted by Crippen LogP contribution is -2.37. The maximum absolute atomic E-state index is 9.65. The number of hydrogen-bond acceptors (Lipinski definition) is 2. The molecule has 0 radical (unpaired) electrons. The molecule has 3 nitrogen and oxygen atoms in total. The Balaban J connectivity index is 1.32. The normalized spacial score (nSPS) is 13.2. The first-order valence-corrected chi connectivity index (χ1v) is 15.9. The van der Waals surface area contributed by atoms with Crippen molar-refractivity contribution in [1.82, 2.24) is 4.57 Å². The molecule has 1 aromatic heterocycles. The Bertz CT molecular complexity index is 2380. The van der Waals surface area contributed by atoms with Crippen molar-refractivity contribution in [2.45, 2.75) is 5.41 Å². The molecule has 0 N–H and O–H groups in total. The Morgan fingerprint density at radius 3 is 1.57 bits per heavy atom. The SMILES string of the molecule is N#Cc1ccc(C2(c3ccccc3)c3ccccc3N(c3cccc(-n4c5ccccc5c5ccccc54)c3)c3ccccc32)cc1. The van der Waals surface area contributed by atoms with Crippen LogP contribution in [-0.2, 0) is 5.41 Å². The maximum atomic E-state index is 9.65. The summed E-state index contributed by atoms with van der Waals surface area (Å²) >= 11 is 0. The summed E-state index contributed by atoms with van der Waals surface area (Å²) in [6, 6.07) is 64.9. The first kappa shape index (κ1) is 27.0. The van der Waals surface area contributed by atoms with E-state index < -0.39 is 5.41 Å². The largest absolute Gasteiger partial charge is 0.310 e. The highest BCUT2D eigenvalue weighted by Crippen LogP contribution is 2.57. The third-order valence-electron chi connectivity index (χ3n) is 9.68. The van der Waals surface area contributed by atoms with Crippen LogP contribution < -0.4 is 4.90 Å². The van der Waals surface area contributed by atoms with Crippen LogP contribution >= 0.6 is 0 Å². The summed E-state index contributed by atoms with van der Waals surface area (Å²) in [6.07, 6.45) is 0. The van der Waals surface area contributed by atoms with Crippen LogP contribution in [0.1, 0.15) is 27.8 Å². The molecule has 0 saturated carbocycles. The smallest absolute Gasteiger partial charge is 0.0991 e. The molecule has 8 aromatic rings. The van der Waals surface area contributed by atoms with E-state index in [1.807, 2.05) is 12.1 Å². The molecule has 0 amide bonds. The topological polar surface area (TPSA) is 32.0 Å². The van der Waals surface area contributed by atoms with Gasteiger partial charge in [-0.05, 0) is 76.9 Å². The van der Waals surface area contributed by atoms with E-state index in [2.05, 4.69) is 179 Å². The van der Waals surface area contributed by atoms with Gasteiger partial charge >= 0.3 is 0 Å². The van der Waals surface area contributed by atoms with Gasteiger partial charge in [0.15, 0.2) is 0 Å². The predicted molar refractivity (Wildman–Crippen MR) is 192 cm³/mol. The summed E-state index contributed by atoms with van der Waals surface area (Å²) in [5.74, 6) is 0. The Labute approximate surface area is 273 Å². The van der Waals surface area contributed by atoms with Gasteiger partial charge in [-0.3, -0.25) is 0 Å². The Kier molecular flexibility index (Phi) is 6.10. The van der Waals surface area contributed by atoms with Gasteiger partial charge in [0.1, 0.15) is 0 Å². The molecular weight excluding hydrogens is 571 g/mol. The van der Waals surface area contributed by atoms with Crippen molar-refractivity contribution in [3.8, 4) is 11.8 Å². The maximum Gasteiger partial charge on any atom is 0.0991 e. The molecule has 1 aliphatic rings. The molecule has 0 unspecified atom stereocenters. The van der Waals surface area contributed by atoms with Crippen LogP contribution in [-0.4, -0.2) is 4.57 Å². The molecule has 0 saturated heterocycles. The number of hydrogen-bond donors (Lipinski definition) is 0. The van der Waals surface area contributed by atoms with E-state index in [0.29, 0.717) is 5.56 Å². The van der Waals surface area contributed by atoms with Gasteiger partial charge in [-0.25, -0.2) is 0 Å². The van der Waals surface area contributed by atoms with Gasteiger partial charge in [0.25, 0.3) is 0 Å². The van der Waals surface area contributed by atoms with E-state index in [-0.39, 0.29) is 0 Å². The van der Waals surface area contributed by atoms with Crippen LogP contribution in [0.4, 0.5) is 17.1 Å². The third-order valence-corrected chi connectivity index (χ3v) is 9.68. The molecule has 220 valence electrons. The van der Waals surface area contributed by atoms with Crippen molar-refractivity contribution < 1.29 is 0 Å². The molecule has 0 bridgehead atoms. The monoisotopic (exact) mass is 599 g/mol. The summed E-state index contributed by atoms with van der Waals surface area (Å²) in [5.41, 5.74) is 11.6. The summed E-state index contributed by atoms with van der Waals surface area (Å²) in [4.78, 5) is 2.41. The van der Waals surface area contributed by atoms with E-state index in [1.54, 1.807) is 0 Å². The Morgan fingerprint density at radius 1 is 0.447 bits per heavy atom. The number of para-hydroxylation sites is 4. The summed E-state index contributed by atoms with van der Waals surface area (Å²) < 4.78 is 2.38. The number of aromatic nitrogens is 1. The quantitative estimate of drug-likeness (QED) is 0.202. The summed E-state index contributed by atoms with van der Waals surface area (Å²) in [5, 5.41) is 12.1. The highest BCUT2D eigenvalue weighted by molar-refractivity contribution is 6.09. The highest BCUT2D eigenvalue weighted by Gasteiger charge is 2.46. The van der Waals surface area contributed by atoms with E-state index in [4.69, 9.17) is 0 Å². The third kappa shape index (κ3) is 3.92. The van der Waals surface area contributed by atoms with Gasteiger partial charge in [0, 0.05) is 22.1 Å². The van der Waals surface area contributed by atoms with E-state index in [0.717, 1.165) is 28.3 Å². The lowest BCUT2D eigenvalue weighted by Gasteiger charge is -2.46. The number of nitrogens with zero attached hydrogens (tertiary/aromatic N) is 3. The number of nitriles is 1.